The van der Waals surface area contributed by atoms with E-state index in [1.165, 1.54) is 0 Å². The second-order valence-electron chi connectivity index (χ2n) is 8.19. The number of carbonyl (C=O) groups is 1. The van der Waals surface area contributed by atoms with Crippen LogP contribution in [0.2, 0.25) is 5.02 Å². The Bertz CT molecular complexity index is 654. The third kappa shape index (κ3) is 3.09. The Morgan fingerprint density at radius 3 is 2.21 bits per heavy atom. The molecule has 1 heterocycles. The molecule has 2 aliphatic rings. The molecule has 24 heavy (non-hydrogen) atoms. The molecule has 130 valence electrons. The molecule has 0 aromatic heterocycles. The lowest BCUT2D eigenvalue weighted by atomic mass is 9.77. The van der Waals surface area contributed by atoms with Crippen LogP contribution in [0.4, 0.5) is 0 Å². The lowest BCUT2D eigenvalue weighted by Crippen LogP contribution is -2.51. The molecular formula is C18H25BClNO3. The summed E-state index contributed by atoms with van der Waals surface area (Å²) >= 11 is 6.35. The number of nitrogens with one attached hydrogen (secondary N) is 1. The lowest BCUT2D eigenvalue weighted by Gasteiger charge is -2.39. The molecule has 4 nitrogen and oxygen atoms in total. The van der Waals surface area contributed by atoms with Gasteiger partial charge in [0.15, 0.2) is 0 Å². The molecule has 1 aliphatic heterocycles. The highest BCUT2D eigenvalue weighted by Gasteiger charge is 2.52. The van der Waals surface area contributed by atoms with Crippen LogP contribution < -0.4 is 10.8 Å². The highest BCUT2D eigenvalue weighted by molar-refractivity contribution is 6.65. The molecule has 1 saturated heterocycles. The fourth-order valence-electron chi connectivity index (χ4n) is 3.01. The first-order valence-corrected chi connectivity index (χ1v) is 8.88. The van der Waals surface area contributed by atoms with Gasteiger partial charge >= 0.3 is 7.12 Å². The van der Waals surface area contributed by atoms with E-state index >= 15 is 0 Å². The van der Waals surface area contributed by atoms with Crippen LogP contribution in [0.3, 0.4) is 0 Å². The number of hydrogen-bond acceptors (Lipinski definition) is 3. The highest BCUT2D eigenvalue weighted by atomic mass is 35.5. The van der Waals surface area contributed by atoms with Crippen LogP contribution in [0.1, 0.15) is 64.2 Å². The first kappa shape index (κ1) is 17.8. The standard InChI is InChI=1S/C18H25BClNO3/c1-16(2)17(3,4)24-19(23-16)13-11-12(7-8-14(13)20)15(22)21-18(5)9-6-10-18/h7-8,11H,6,9-10H2,1-5H3,(H,21,22). The maximum absolute atomic E-state index is 12.6. The van der Waals surface area contributed by atoms with Crippen molar-refractivity contribution in [3.05, 3.63) is 28.8 Å². The maximum Gasteiger partial charge on any atom is 0.496 e. The Morgan fingerprint density at radius 2 is 1.71 bits per heavy atom. The van der Waals surface area contributed by atoms with Gasteiger partial charge in [-0.15, -0.1) is 0 Å². The van der Waals surface area contributed by atoms with Crippen molar-refractivity contribution in [1.29, 1.82) is 0 Å². The molecule has 0 unspecified atom stereocenters. The summed E-state index contributed by atoms with van der Waals surface area (Å²) in [6, 6.07) is 5.26. The third-order valence-electron chi connectivity index (χ3n) is 5.64. The average molecular weight is 350 g/mol. The predicted molar refractivity (Wildman–Crippen MR) is 96.9 cm³/mol. The Labute approximate surface area is 149 Å². The molecule has 2 fully saturated rings. The normalized spacial score (nSPS) is 23.7. The summed E-state index contributed by atoms with van der Waals surface area (Å²) in [5.41, 5.74) is 0.303. The van der Waals surface area contributed by atoms with E-state index in [9.17, 15) is 4.79 Å². The van der Waals surface area contributed by atoms with Gasteiger partial charge in [0.05, 0.1) is 11.2 Å². The van der Waals surface area contributed by atoms with E-state index in [0.29, 0.717) is 16.0 Å². The summed E-state index contributed by atoms with van der Waals surface area (Å²) in [6.07, 6.45) is 3.21. The summed E-state index contributed by atoms with van der Waals surface area (Å²) < 4.78 is 12.1. The number of hydrogen-bond donors (Lipinski definition) is 1. The highest BCUT2D eigenvalue weighted by Crippen LogP contribution is 2.37. The van der Waals surface area contributed by atoms with Gasteiger partial charge in [0.1, 0.15) is 0 Å². The summed E-state index contributed by atoms with van der Waals surface area (Å²) in [7, 11) is -0.575. The lowest BCUT2D eigenvalue weighted by molar-refractivity contribution is 0.00578. The van der Waals surface area contributed by atoms with Crippen LogP contribution in [0.25, 0.3) is 0 Å². The smallest absolute Gasteiger partial charge is 0.399 e. The van der Waals surface area contributed by atoms with Crippen LogP contribution >= 0.6 is 11.6 Å². The second-order valence-corrected chi connectivity index (χ2v) is 8.60. The minimum Gasteiger partial charge on any atom is -0.399 e. The number of amides is 1. The van der Waals surface area contributed by atoms with E-state index < -0.39 is 18.3 Å². The van der Waals surface area contributed by atoms with Crippen molar-refractivity contribution in [3.63, 3.8) is 0 Å². The Hall–Kier alpha value is -1.04. The van der Waals surface area contributed by atoms with Gasteiger partial charge in [-0.2, -0.15) is 0 Å². The van der Waals surface area contributed by atoms with Crippen molar-refractivity contribution >= 4 is 30.1 Å². The van der Waals surface area contributed by atoms with Crippen LogP contribution in [0.5, 0.6) is 0 Å². The number of halogens is 1. The van der Waals surface area contributed by atoms with Crippen LogP contribution in [0.15, 0.2) is 18.2 Å². The fraction of sp³-hybridized carbons (Fsp3) is 0.611. The van der Waals surface area contributed by atoms with E-state index in [2.05, 4.69) is 12.2 Å². The molecule has 0 radical (unpaired) electrons. The van der Waals surface area contributed by atoms with Crippen molar-refractivity contribution in [2.45, 2.75) is 70.6 Å². The van der Waals surface area contributed by atoms with E-state index in [0.717, 1.165) is 19.3 Å². The first-order valence-electron chi connectivity index (χ1n) is 8.51. The fourth-order valence-corrected chi connectivity index (χ4v) is 3.22. The molecule has 1 saturated carbocycles. The van der Waals surface area contributed by atoms with Gasteiger partial charge < -0.3 is 14.6 Å². The van der Waals surface area contributed by atoms with Gasteiger partial charge in [0.2, 0.25) is 0 Å². The minimum absolute atomic E-state index is 0.0772. The monoisotopic (exact) mass is 349 g/mol. The van der Waals surface area contributed by atoms with Crippen molar-refractivity contribution in [2.24, 2.45) is 0 Å². The van der Waals surface area contributed by atoms with Gasteiger partial charge in [0, 0.05) is 21.6 Å². The molecule has 0 atom stereocenters. The summed E-state index contributed by atoms with van der Waals surface area (Å²) in [5, 5.41) is 3.66. The maximum atomic E-state index is 12.6. The molecule has 1 aromatic rings. The molecule has 1 aliphatic carbocycles. The number of carbonyl (C=O) groups excluding carboxylic acids is 1. The zero-order valence-corrected chi connectivity index (χ0v) is 15.8. The predicted octanol–water partition coefficient (Wildman–Crippen LogP) is 3.31. The topological polar surface area (TPSA) is 47.6 Å². The van der Waals surface area contributed by atoms with Gasteiger partial charge in [-0.1, -0.05) is 11.6 Å². The zero-order chi connectivity index (χ0) is 17.8. The second kappa shape index (κ2) is 5.75. The summed E-state index contributed by atoms with van der Waals surface area (Å²) in [6.45, 7) is 10.1. The van der Waals surface area contributed by atoms with Gasteiger partial charge in [-0.25, -0.2) is 0 Å². The van der Waals surface area contributed by atoms with Gasteiger partial charge in [-0.3, -0.25) is 4.79 Å². The van der Waals surface area contributed by atoms with E-state index in [4.69, 9.17) is 20.9 Å². The Kier molecular flexibility index (Phi) is 4.26. The van der Waals surface area contributed by atoms with Gasteiger partial charge in [-0.05, 0) is 72.1 Å². The van der Waals surface area contributed by atoms with Crippen LogP contribution in [0, 0.1) is 0 Å². The van der Waals surface area contributed by atoms with Crippen LogP contribution in [-0.4, -0.2) is 29.8 Å². The Balaban J connectivity index is 1.83. The molecule has 6 heteroatoms. The number of rotatable bonds is 3. The average Bonchev–Trinajstić information content (AvgIpc) is 2.66. The van der Waals surface area contributed by atoms with E-state index in [1.807, 2.05) is 27.7 Å². The molecule has 3 rings (SSSR count). The van der Waals surface area contributed by atoms with Crippen molar-refractivity contribution < 1.29 is 14.1 Å². The van der Waals surface area contributed by atoms with E-state index in [-0.39, 0.29) is 11.4 Å². The Morgan fingerprint density at radius 1 is 1.12 bits per heavy atom. The van der Waals surface area contributed by atoms with Crippen molar-refractivity contribution in [2.75, 3.05) is 0 Å². The van der Waals surface area contributed by atoms with Crippen LogP contribution in [-0.2, 0) is 9.31 Å². The minimum atomic E-state index is -0.575. The SMILES string of the molecule is CC1(NC(=O)c2ccc(Cl)c(B3OC(C)(C)C(C)(C)O3)c2)CCC1. The molecular weight excluding hydrogens is 324 g/mol. The molecule has 1 aromatic carbocycles. The molecule has 0 bridgehead atoms. The largest absolute Gasteiger partial charge is 0.496 e. The quantitative estimate of drug-likeness (QED) is 0.852. The number of benzene rings is 1. The van der Waals surface area contributed by atoms with Gasteiger partial charge in [0.25, 0.3) is 5.91 Å². The summed E-state index contributed by atoms with van der Waals surface area (Å²) in [4.78, 5) is 12.6. The molecule has 0 spiro atoms. The zero-order valence-electron chi connectivity index (χ0n) is 15.0. The first-order chi connectivity index (χ1) is 11.0. The van der Waals surface area contributed by atoms with Crippen molar-refractivity contribution in [3.8, 4) is 0 Å². The molecule has 1 amide bonds. The summed E-state index contributed by atoms with van der Waals surface area (Å²) in [5.74, 6) is -0.0772. The van der Waals surface area contributed by atoms with E-state index in [1.54, 1.807) is 18.2 Å². The molecule has 1 N–H and O–H groups in total. The third-order valence-corrected chi connectivity index (χ3v) is 5.98. The van der Waals surface area contributed by atoms with Crippen molar-refractivity contribution in [1.82, 2.24) is 5.32 Å².